The van der Waals surface area contributed by atoms with E-state index in [0.29, 0.717) is 6.61 Å². The number of carboxylic acid groups (broad SMARTS) is 1. The van der Waals surface area contributed by atoms with Crippen LogP contribution in [0, 0.1) is 5.41 Å². The minimum absolute atomic E-state index is 0.150. The number of aromatic nitrogens is 2. The predicted molar refractivity (Wildman–Crippen MR) is 88.3 cm³/mol. The zero-order valence-electron chi connectivity index (χ0n) is 14.7. The van der Waals surface area contributed by atoms with Gasteiger partial charge in [0, 0.05) is 37.8 Å². The topological polar surface area (TPSA) is 120 Å². The van der Waals surface area contributed by atoms with Crippen molar-refractivity contribution in [2.75, 3.05) is 6.61 Å². The lowest BCUT2D eigenvalue weighted by Gasteiger charge is -2.58. The molecule has 1 amide bonds. The predicted octanol–water partition coefficient (Wildman–Crippen LogP) is -0.678. The molecule has 9 nitrogen and oxygen atoms in total. The van der Waals surface area contributed by atoms with Gasteiger partial charge in [0.2, 0.25) is 5.91 Å². The standard InChI is InChI=1S/C16H23N3O6/c1-5-25-10-8-16(13(22)23,15(10,2)3)17-11(20)9-19-7-6-12(21)18(4)14(19)24/h6-7,10H,5,8-9H2,1-4H3,(H,17,20)(H,22,23). The van der Waals surface area contributed by atoms with Crippen LogP contribution < -0.4 is 16.6 Å². The normalized spacial score (nSPS) is 24.4. The molecule has 0 aromatic carbocycles. The number of hydrogen-bond donors (Lipinski definition) is 2. The van der Waals surface area contributed by atoms with Gasteiger partial charge in [0.05, 0.1) is 6.10 Å². The number of hydrogen-bond acceptors (Lipinski definition) is 5. The highest BCUT2D eigenvalue weighted by Gasteiger charge is 2.66. The second kappa shape index (κ2) is 6.47. The molecule has 0 radical (unpaired) electrons. The SMILES string of the molecule is CCOC1CC(NC(=O)Cn2ccc(=O)n(C)c2=O)(C(=O)O)C1(C)C. The number of carboxylic acids is 1. The molecule has 2 atom stereocenters. The lowest BCUT2D eigenvalue weighted by Crippen LogP contribution is -2.76. The van der Waals surface area contributed by atoms with Gasteiger partial charge in [-0.05, 0) is 6.92 Å². The fourth-order valence-electron chi connectivity index (χ4n) is 3.21. The molecule has 2 rings (SSSR count). The molecule has 1 aliphatic carbocycles. The van der Waals surface area contributed by atoms with Crippen LogP contribution in [0.15, 0.2) is 21.9 Å². The van der Waals surface area contributed by atoms with Gasteiger partial charge in [-0.25, -0.2) is 9.59 Å². The first kappa shape index (κ1) is 18.9. The molecule has 1 aromatic rings. The monoisotopic (exact) mass is 353 g/mol. The van der Waals surface area contributed by atoms with Gasteiger partial charge in [0.1, 0.15) is 12.1 Å². The number of rotatable bonds is 6. The zero-order valence-corrected chi connectivity index (χ0v) is 14.7. The average Bonchev–Trinajstić information content (AvgIpc) is 2.54. The summed E-state index contributed by atoms with van der Waals surface area (Å²) < 4.78 is 7.47. The highest BCUT2D eigenvalue weighted by molar-refractivity contribution is 5.89. The fraction of sp³-hybridized carbons (Fsp3) is 0.625. The molecule has 1 aromatic heterocycles. The fourth-order valence-corrected chi connectivity index (χ4v) is 3.21. The molecule has 1 aliphatic rings. The number of amides is 1. The van der Waals surface area contributed by atoms with Gasteiger partial charge in [-0.3, -0.25) is 18.7 Å². The highest BCUT2D eigenvalue weighted by atomic mass is 16.5. The largest absolute Gasteiger partial charge is 0.479 e. The summed E-state index contributed by atoms with van der Waals surface area (Å²) >= 11 is 0. The van der Waals surface area contributed by atoms with Crippen LogP contribution in [-0.2, 0) is 27.9 Å². The zero-order chi connectivity index (χ0) is 19.0. The van der Waals surface area contributed by atoms with Gasteiger partial charge in [-0.1, -0.05) is 13.8 Å². The van der Waals surface area contributed by atoms with Gasteiger partial charge in [-0.15, -0.1) is 0 Å². The van der Waals surface area contributed by atoms with E-state index < -0.39 is 34.1 Å². The van der Waals surface area contributed by atoms with Crippen molar-refractivity contribution in [3.8, 4) is 0 Å². The van der Waals surface area contributed by atoms with Crippen molar-refractivity contribution in [1.82, 2.24) is 14.5 Å². The number of aliphatic carboxylic acids is 1. The van der Waals surface area contributed by atoms with Crippen LogP contribution in [0.25, 0.3) is 0 Å². The van der Waals surface area contributed by atoms with Crippen LogP contribution in [0.2, 0.25) is 0 Å². The van der Waals surface area contributed by atoms with Crippen molar-refractivity contribution < 1.29 is 19.4 Å². The first-order valence-corrected chi connectivity index (χ1v) is 7.99. The Morgan fingerprint density at radius 2 is 2.04 bits per heavy atom. The lowest BCUT2D eigenvalue weighted by molar-refractivity contribution is -0.194. The minimum atomic E-state index is -1.46. The van der Waals surface area contributed by atoms with Crippen molar-refractivity contribution in [2.24, 2.45) is 12.5 Å². The van der Waals surface area contributed by atoms with Gasteiger partial charge in [-0.2, -0.15) is 0 Å². The third kappa shape index (κ3) is 2.99. The van der Waals surface area contributed by atoms with Gasteiger partial charge < -0.3 is 15.2 Å². The van der Waals surface area contributed by atoms with Gasteiger partial charge >= 0.3 is 11.7 Å². The lowest BCUT2D eigenvalue weighted by atomic mass is 9.54. The van der Waals surface area contributed by atoms with Crippen molar-refractivity contribution in [1.29, 1.82) is 0 Å². The summed E-state index contributed by atoms with van der Waals surface area (Å²) in [6.45, 7) is 5.34. The van der Waals surface area contributed by atoms with Gasteiger partial charge in [0.25, 0.3) is 5.56 Å². The van der Waals surface area contributed by atoms with E-state index in [1.54, 1.807) is 13.8 Å². The van der Waals surface area contributed by atoms with Crippen molar-refractivity contribution >= 4 is 11.9 Å². The summed E-state index contributed by atoms with van der Waals surface area (Å²) in [4.78, 5) is 47.6. The Kier molecular flexibility index (Phi) is 4.90. The number of ether oxygens (including phenoxy) is 1. The Balaban J connectivity index is 2.21. The maximum Gasteiger partial charge on any atom is 0.331 e. The smallest absolute Gasteiger partial charge is 0.331 e. The van der Waals surface area contributed by atoms with E-state index in [-0.39, 0.29) is 19.1 Å². The van der Waals surface area contributed by atoms with Crippen LogP contribution in [0.5, 0.6) is 0 Å². The Morgan fingerprint density at radius 3 is 2.56 bits per heavy atom. The summed E-state index contributed by atoms with van der Waals surface area (Å²) in [6, 6.07) is 1.17. The Labute approximate surface area is 144 Å². The average molecular weight is 353 g/mol. The number of carbonyl (C=O) groups is 2. The molecule has 0 spiro atoms. The van der Waals surface area contributed by atoms with Crippen LogP contribution in [0.1, 0.15) is 27.2 Å². The second-order valence-electron chi connectivity index (χ2n) is 6.75. The maximum atomic E-state index is 12.4. The molecule has 138 valence electrons. The van der Waals surface area contributed by atoms with E-state index in [9.17, 15) is 24.3 Å². The van der Waals surface area contributed by atoms with Crippen LogP contribution >= 0.6 is 0 Å². The Bertz CT molecular complexity index is 809. The van der Waals surface area contributed by atoms with E-state index in [1.165, 1.54) is 19.3 Å². The molecular formula is C16H23N3O6. The Hall–Kier alpha value is -2.42. The van der Waals surface area contributed by atoms with E-state index in [0.717, 1.165) is 9.13 Å². The van der Waals surface area contributed by atoms with Crippen LogP contribution in [0.3, 0.4) is 0 Å². The summed E-state index contributed by atoms with van der Waals surface area (Å²) in [5.41, 5.74) is -3.40. The van der Waals surface area contributed by atoms with Gasteiger partial charge in [0.15, 0.2) is 0 Å². The molecule has 2 N–H and O–H groups in total. The van der Waals surface area contributed by atoms with Crippen molar-refractivity contribution in [3.63, 3.8) is 0 Å². The Morgan fingerprint density at radius 1 is 1.40 bits per heavy atom. The van der Waals surface area contributed by atoms with Crippen molar-refractivity contribution in [3.05, 3.63) is 33.1 Å². The molecule has 1 fully saturated rings. The van der Waals surface area contributed by atoms with E-state index >= 15 is 0 Å². The molecule has 9 heteroatoms. The quantitative estimate of drug-likeness (QED) is 0.699. The summed E-state index contributed by atoms with van der Waals surface area (Å²) in [5.74, 6) is -1.76. The molecule has 2 unspecified atom stereocenters. The summed E-state index contributed by atoms with van der Waals surface area (Å²) in [5, 5.41) is 12.2. The molecule has 0 bridgehead atoms. The summed E-state index contributed by atoms with van der Waals surface area (Å²) in [6.07, 6.45) is 1.08. The highest BCUT2D eigenvalue weighted by Crippen LogP contribution is 2.51. The molecular weight excluding hydrogens is 330 g/mol. The molecule has 25 heavy (non-hydrogen) atoms. The molecule has 0 aliphatic heterocycles. The van der Waals surface area contributed by atoms with Crippen LogP contribution in [0.4, 0.5) is 0 Å². The first-order chi connectivity index (χ1) is 11.6. The first-order valence-electron chi connectivity index (χ1n) is 7.99. The molecule has 1 saturated carbocycles. The van der Waals surface area contributed by atoms with E-state index in [4.69, 9.17) is 4.74 Å². The van der Waals surface area contributed by atoms with E-state index in [1.807, 2.05) is 6.92 Å². The maximum absolute atomic E-state index is 12.4. The number of carbonyl (C=O) groups excluding carboxylic acids is 1. The summed E-state index contributed by atoms with van der Waals surface area (Å²) in [7, 11) is 1.31. The number of nitrogens with zero attached hydrogens (tertiary/aromatic N) is 2. The van der Waals surface area contributed by atoms with Crippen molar-refractivity contribution in [2.45, 2.75) is 45.4 Å². The minimum Gasteiger partial charge on any atom is -0.479 e. The number of nitrogens with one attached hydrogen (secondary N) is 1. The molecule has 0 saturated heterocycles. The second-order valence-corrected chi connectivity index (χ2v) is 6.75. The third-order valence-corrected chi connectivity index (χ3v) is 5.06. The van der Waals surface area contributed by atoms with Crippen LogP contribution in [-0.4, -0.2) is 44.4 Å². The molecule has 1 heterocycles. The third-order valence-electron chi connectivity index (χ3n) is 5.06. The van der Waals surface area contributed by atoms with E-state index in [2.05, 4.69) is 5.32 Å².